The molecule has 2 aromatic carbocycles. The van der Waals surface area contributed by atoms with Gasteiger partial charge in [0, 0.05) is 23.6 Å². The summed E-state index contributed by atoms with van der Waals surface area (Å²) in [6, 6.07) is 12.2. The SMILES string of the molecule is COC(=O)Cc1cccc(OCCc2nc(-c3ccc(C)c([N+](=O)[O-])c3)oc2C)c1. The van der Waals surface area contributed by atoms with Gasteiger partial charge in [-0.2, -0.15) is 0 Å². The topological polar surface area (TPSA) is 105 Å². The highest BCUT2D eigenvalue weighted by Crippen LogP contribution is 2.28. The quantitative estimate of drug-likeness (QED) is 0.311. The summed E-state index contributed by atoms with van der Waals surface area (Å²) in [5, 5.41) is 11.2. The maximum absolute atomic E-state index is 11.4. The first kappa shape index (κ1) is 21.0. The molecule has 0 radical (unpaired) electrons. The van der Waals surface area contributed by atoms with E-state index in [1.165, 1.54) is 13.2 Å². The van der Waals surface area contributed by atoms with Gasteiger partial charge in [0.05, 0.1) is 30.8 Å². The number of aromatic nitrogens is 1. The van der Waals surface area contributed by atoms with Crippen LogP contribution in [0.25, 0.3) is 11.5 Å². The van der Waals surface area contributed by atoms with Crippen molar-refractivity contribution in [2.45, 2.75) is 26.7 Å². The standard InChI is InChI=1S/C22H22N2O6/c1-14-7-8-17(13-20(14)24(26)27)22-23-19(15(2)30-22)9-10-29-18-6-4-5-16(11-18)12-21(25)28-3/h4-8,11,13H,9-10,12H2,1-3H3. The lowest BCUT2D eigenvalue weighted by Gasteiger charge is -2.07. The van der Waals surface area contributed by atoms with Crippen LogP contribution in [0.4, 0.5) is 5.69 Å². The number of esters is 1. The monoisotopic (exact) mass is 410 g/mol. The van der Waals surface area contributed by atoms with Crippen LogP contribution in [0.5, 0.6) is 5.75 Å². The highest BCUT2D eigenvalue weighted by Gasteiger charge is 2.17. The molecule has 0 fully saturated rings. The summed E-state index contributed by atoms with van der Waals surface area (Å²) in [5.41, 5.74) is 2.69. The number of methoxy groups -OCH3 is 1. The number of nitro benzene ring substituents is 1. The van der Waals surface area contributed by atoms with E-state index in [1.54, 1.807) is 32.0 Å². The number of hydrogen-bond donors (Lipinski definition) is 0. The van der Waals surface area contributed by atoms with Crippen LogP contribution in [0.3, 0.4) is 0 Å². The molecule has 0 bridgehead atoms. The van der Waals surface area contributed by atoms with Crippen molar-refractivity contribution >= 4 is 11.7 Å². The normalized spacial score (nSPS) is 10.6. The van der Waals surface area contributed by atoms with Gasteiger partial charge >= 0.3 is 5.97 Å². The molecule has 0 saturated carbocycles. The van der Waals surface area contributed by atoms with Crippen LogP contribution in [0, 0.1) is 24.0 Å². The maximum atomic E-state index is 11.4. The Morgan fingerprint density at radius 2 is 2.00 bits per heavy atom. The van der Waals surface area contributed by atoms with Gasteiger partial charge in [0.2, 0.25) is 5.89 Å². The number of benzene rings is 2. The minimum Gasteiger partial charge on any atom is -0.493 e. The zero-order valence-corrected chi connectivity index (χ0v) is 17.0. The number of nitro groups is 1. The predicted molar refractivity (Wildman–Crippen MR) is 109 cm³/mol. The summed E-state index contributed by atoms with van der Waals surface area (Å²) in [4.78, 5) is 26.6. The molecule has 8 heteroatoms. The molecule has 0 saturated heterocycles. The van der Waals surface area contributed by atoms with Gasteiger partial charge in [0.15, 0.2) is 0 Å². The third-order valence-corrected chi connectivity index (χ3v) is 4.63. The van der Waals surface area contributed by atoms with E-state index in [0.29, 0.717) is 41.6 Å². The second kappa shape index (κ2) is 9.21. The zero-order chi connectivity index (χ0) is 21.7. The van der Waals surface area contributed by atoms with E-state index in [1.807, 2.05) is 18.2 Å². The molecule has 3 aromatic rings. The van der Waals surface area contributed by atoms with Crippen molar-refractivity contribution in [2.24, 2.45) is 0 Å². The van der Waals surface area contributed by atoms with Crippen LogP contribution >= 0.6 is 0 Å². The Morgan fingerprint density at radius 3 is 2.73 bits per heavy atom. The number of hydrogen-bond acceptors (Lipinski definition) is 7. The zero-order valence-electron chi connectivity index (χ0n) is 17.0. The number of carbonyl (C=O) groups is 1. The minimum absolute atomic E-state index is 0.0278. The summed E-state index contributed by atoms with van der Waals surface area (Å²) in [7, 11) is 1.35. The smallest absolute Gasteiger partial charge is 0.309 e. The maximum Gasteiger partial charge on any atom is 0.309 e. The van der Waals surface area contributed by atoms with Crippen LogP contribution in [-0.4, -0.2) is 29.6 Å². The molecule has 0 atom stereocenters. The summed E-state index contributed by atoms with van der Waals surface area (Å²) < 4.78 is 16.2. The Balaban J connectivity index is 1.66. The average Bonchev–Trinajstić information content (AvgIpc) is 3.09. The van der Waals surface area contributed by atoms with Gasteiger partial charge in [0.1, 0.15) is 11.5 Å². The predicted octanol–water partition coefficient (Wildman–Crippen LogP) is 4.20. The fourth-order valence-electron chi connectivity index (χ4n) is 2.97. The van der Waals surface area contributed by atoms with Gasteiger partial charge in [0.25, 0.3) is 5.69 Å². The molecule has 0 amide bonds. The highest BCUT2D eigenvalue weighted by atomic mass is 16.6. The van der Waals surface area contributed by atoms with E-state index in [0.717, 1.165) is 11.3 Å². The molecule has 0 unspecified atom stereocenters. The van der Waals surface area contributed by atoms with Crippen molar-refractivity contribution in [3.8, 4) is 17.2 Å². The Bertz CT molecular complexity index is 1070. The largest absolute Gasteiger partial charge is 0.493 e. The van der Waals surface area contributed by atoms with E-state index in [4.69, 9.17) is 9.15 Å². The highest BCUT2D eigenvalue weighted by molar-refractivity contribution is 5.72. The van der Waals surface area contributed by atoms with Gasteiger partial charge in [-0.25, -0.2) is 4.98 Å². The Hall–Kier alpha value is -3.68. The van der Waals surface area contributed by atoms with Gasteiger partial charge in [-0.15, -0.1) is 0 Å². The van der Waals surface area contributed by atoms with Crippen molar-refractivity contribution < 1.29 is 23.6 Å². The summed E-state index contributed by atoms with van der Waals surface area (Å²) in [6.07, 6.45) is 0.687. The number of aryl methyl sites for hydroxylation is 2. The van der Waals surface area contributed by atoms with Crippen LogP contribution < -0.4 is 4.74 Å². The number of nitrogens with zero attached hydrogens (tertiary/aromatic N) is 2. The molecule has 0 aliphatic heterocycles. The molecule has 8 nitrogen and oxygen atoms in total. The Kier molecular flexibility index (Phi) is 6.46. The van der Waals surface area contributed by atoms with Crippen LogP contribution in [0.15, 0.2) is 46.9 Å². The van der Waals surface area contributed by atoms with E-state index in [9.17, 15) is 14.9 Å². The summed E-state index contributed by atoms with van der Waals surface area (Å²) in [5.74, 6) is 1.31. The second-order valence-corrected chi connectivity index (χ2v) is 6.78. The van der Waals surface area contributed by atoms with Crippen molar-refractivity contribution in [3.05, 3.63) is 75.2 Å². The van der Waals surface area contributed by atoms with Crippen molar-refractivity contribution in [1.29, 1.82) is 0 Å². The third kappa shape index (κ3) is 5.02. The van der Waals surface area contributed by atoms with Crippen LogP contribution in [0.1, 0.15) is 22.6 Å². The van der Waals surface area contributed by atoms with Gasteiger partial charge in [-0.3, -0.25) is 14.9 Å². The fraction of sp³-hybridized carbons (Fsp3) is 0.273. The average molecular weight is 410 g/mol. The van der Waals surface area contributed by atoms with Gasteiger partial charge in [-0.1, -0.05) is 18.2 Å². The lowest BCUT2D eigenvalue weighted by atomic mass is 10.1. The number of rotatable bonds is 8. The molecular formula is C22H22N2O6. The van der Waals surface area contributed by atoms with E-state index < -0.39 is 4.92 Å². The minimum atomic E-state index is -0.419. The Morgan fingerprint density at radius 1 is 1.20 bits per heavy atom. The molecule has 156 valence electrons. The molecule has 30 heavy (non-hydrogen) atoms. The second-order valence-electron chi connectivity index (χ2n) is 6.78. The number of carbonyl (C=O) groups excluding carboxylic acids is 1. The third-order valence-electron chi connectivity index (χ3n) is 4.63. The fourth-order valence-corrected chi connectivity index (χ4v) is 2.97. The molecular weight excluding hydrogens is 388 g/mol. The number of ether oxygens (including phenoxy) is 2. The summed E-state index contributed by atoms with van der Waals surface area (Å²) >= 11 is 0. The molecule has 1 aromatic heterocycles. The lowest BCUT2D eigenvalue weighted by molar-refractivity contribution is -0.385. The molecule has 0 aliphatic rings. The first-order chi connectivity index (χ1) is 14.4. The van der Waals surface area contributed by atoms with E-state index >= 15 is 0 Å². The number of oxazole rings is 1. The van der Waals surface area contributed by atoms with E-state index in [-0.39, 0.29) is 18.1 Å². The lowest BCUT2D eigenvalue weighted by Crippen LogP contribution is -2.06. The Labute approximate surface area is 173 Å². The molecule has 0 N–H and O–H groups in total. The van der Waals surface area contributed by atoms with Gasteiger partial charge in [-0.05, 0) is 37.6 Å². The molecule has 1 heterocycles. The van der Waals surface area contributed by atoms with Gasteiger partial charge < -0.3 is 13.9 Å². The first-order valence-corrected chi connectivity index (χ1v) is 9.37. The van der Waals surface area contributed by atoms with Crippen LogP contribution in [0.2, 0.25) is 0 Å². The molecule has 0 spiro atoms. The molecule has 0 aliphatic carbocycles. The molecule has 3 rings (SSSR count). The first-order valence-electron chi connectivity index (χ1n) is 9.37. The van der Waals surface area contributed by atoms with Crippen molar-refractivity contribution in [2.75, 3.05) is 13.7 Å². The van der Waals surface area contributed by atoms with Crippen molar-refractivity contribution in [1.82, 2.24) is 4.98 Å². The van der Waals surface area contributed by atoms with Crippen molar-refractivity contribution in [3.63, 3.8) is 0 Å². The van der Waals surface area contributed by atoms with Crippen LogP contribution in [-0.2, 0) is 22.4 Å². The summed E-state index contributed by atoms with van der Waals surface area (Å²) in [6.45, 7) is 3.85. The van der Waals surface area contributed by atoms with E-state index in [2.05, 4.69) is 9.72 Å².